The lowest BCUT2D eigenvalue weighted by atomic mass is 10.0. The van der Waals surface area contributed by atoms with Gasteiger partial charge in [-0.25, -0.2) is 4.39 Å². The lowest BCUT2D eigenvalue weighted by molar-refractivity contribution is 0.0946. The predicted molar refractivity (Wildman–Crippen MR) is 115 cm³/mol. The number of hydrogen-bond donors (Lipinski definition) is 2. The van der Waals surface area contributed by atoms with E-state index >= 15 is 0 Å². The molecule has 0 atom stereocenters. The molecule has 4 rings (SSSR count). The highest BCUT2D eigenvalue weighted by Crippen LogP contribution is 2.32. The summed E-state index contributed by atoms with van der Waals surface area (Å²) >= 11 is 0. The molecule has 1 saturated carbocycles. The number of rotatable bonds is 8. The molecule has 2 aromatic carbocycles. The molecular weight excluding hydrogens is 397 g/mol. The molecule has 31 heavy (non-hydrogen) atoms. The number of hydrogen-bond acceptors (Lipinski definition) is 4. The van der Waals surface area contributed by atoms with Crippen LogP contribution in [0, 0.1) is 18.7 Å². The highest BCUT2D eigenvalue weighted by atomic mass is 19.1. The SMILES string of the molecule is Cc1ccc(CNC(=O)c2cc(-c3cnn(C)c3CO)ccc2OCC2CC2)cc1F. The molecule has 0 spiro atoms. The third-order valence-electron chi connectivity index (χ3n) is 5.61. The van der Waals surface area contributed by atoms with Crippen molar-refractivity contribution >= 4 is 5.91 Å². The summed E-state index contributed by atoms with van der Waals surface area (Å²) in [6.45, 7) is 2.33. The quantitative estimate of drug-likeness (QED) is 0.579. The standard InChI is InChI=1S/C24H26FN3O3/c1-15-3-4-17(9-21(15)25)11-26-24(30)19-10-18(20-12-27-28(2)22(20)13-29)7-8-23(19)31-14-16-5-6-16/h3-4,7-10,12,16,29H,5-6,11,13-14H2,1-2H3,(H,26,30). The minimum atomic E-state index is -0.303. The summed E-state index contributed by atoms with van der Waals surface area (Å²) in [6, 6.07) is 10.3. The number of nitrogens with one attached hydrogen (secondary N) is 1. The molecule has 0 radical (unpaired) electrons. The number of benzene rings is 2. The number of halogens is 1. The highest BCUT2D eigenvalue weighted by Gasteiger charge is 2.24. The average Bonchev–Trinajstić information content (AvgIpc) is 3.53. The van der Waals surface area contributed by atoms with E-state index < -0.39 is 0 Å². The lowest BCUT2D eigenvalue weighted by Gasteiger charge is -2.14. The maximum Gasteiger partial charge on any atom is 0.255 e. The first-order valence-corrected chi connectivity index (χ1v) is 10.4. The number of ether oxygens (including phenoxy) is 1. The Morgan fingerprint density at radius 1 is 1.29 bits per heavy atom. The zero-order valence-corrected chi connectivity index (χ0v) is 17.7. The van der Waals surface area contributed by atoms with Crippen molar-refractivity contribution in [2.75, 3.05) is 6.61 Å². The highest BCUT2D eigenvalue weighted by molar-refractivity contribution is 5.98. The Kier molecular flexibility index (Phi) is 6.04. The molecule has 1 aliphatic rings. The molecule has 1 aromatic heterocycles. The van der Waals surface area contributed by atoms with Crippen LogP contribution in [0.1, 0.15) is 40.0 Å². The van der Waals surface area contributed by atoms with Crippen LogP contribution in [0.25, 0.3) is 11.1 Å². The normalized spacial score (nSPS) is 13.3. The lowest BCUT2D eigenvalue weighted by Crippen LogP contribution is -2.24. The van der Waals surface area contributed by atoms with Gasteiger partial charge in [0.25, 0.3) is 5.91 Å². The fourth-order valence-corrected chi connectivity index (χ4v) is 3.41. The van der Waals surface area contributed by atoms with Gasteiger partial charge in [0.15, 0.2) is 0 Å². The van der Waals surface area contributed by atoms with Gasteiger partial charge >= 0.3 is 0 Å². The van der Waals surface area contributed by atoms with Crippen LogP contribution in [0.3, 0.4) is 0 Å². The minimum Gasteiger partial charge on any atom is -0.492 e. The first-order valence-electron chi connectivity index (χ1n) is 10.4. The zero-order chi connectivity index (χ0) is 22.0. The number of nitrogens with zero attached hydrogens (tertiary/aromatic N) is 2. The Labute approximate surface area is 180 Å². The second kappa shape index (κ2) is 8.89. The Bertz CT molecular complexity index is 1110. The molecule has 0 bridgehead atoms. The monoisotopic (exact) mass is 423 g/mol. The second-order valence-corrected chi connectivity index (χ2v) is 8.02. The van der Waals surface area contributed by atoms with Gasteiger partial charge in [-0.3, -0.25) is 9.48 Å². The Morgan fingerprint density at radius 2 is 2.10 bits per heavy atom. The molecule has 3 aromatic rings. The van der Waals surface area contributed by atoms with Crippen molar-refractivity contribution in [3.05, 3.63) is 70.8 Å². The molecule has 6 nitrogen and oxygen atoms in total. The van der Waals surface area contributed by atoms with Crippen LogP contribution in [0.2, 0.25) is 0 Å². The van der Waals surface area contributed by atoms with Crippen LogP contribution < -0.4 is 10.1 Å². The van der Waals surface area contributed by atoms with E-state index in [4.69, 9.17) is 4.74 Å². The van der Waals surface area contributed by atoms with Gasteiger partial charge in [0, 0.05) is 19.2 Å². The van der Waals surface area contributed by atoms with Crippen LogP contribution in [-0.4, -0.2) is 27.4 Å². The summed E-state index contributed by atoms with van der Waals surface area (Å²) in [7, 11) is 1.76. The summed E-state index contributed by atoms with van der Waals surface area (Å²) < 4.78 is 21.4. The summed E-state index contributed by atoms with van der Waals surface area (Å²) in [4.78, 5) is 13.0. The van der Waals surface area contributed by atoms with Crippen molar-refractivity contribution < 1.29 is 19.0 Å². The van der Waals surface area contributed by atoms with Crippen molar-refractivity contribution in [2.24, 2.45) is 13.0 Å². The Hall–Kier alpha value is -3.19. The van der Waals surface area contributed by atoms with Crippen LogP contribution >= 0.6 is 0 Å². The van der Waals surface area contributed by atoms with E-state index in [1.165, 1.54) is 6.07 Å². The maximum absolute atomic E-state index is 13.8. The third-order valence-corrected chi connectivity index (χ3v) is 5.61. The maximum atomic E-state index is 13.8. The van der Waals surface area contributed by atoms with E-state index in [0.29, 0.717) is 40.7 Å². The van der Waals surface area contributed by atoms with Crippen molar-refractivity contribution in [2.45, 2.75) is 32.9 Å². The smallest absolute Gasteiger partial charge is 0.255 e. The van der Waals surface area contributed by atoms with Crippen molar-refractivity contribution in [1.29, 1.82) is 0 Å². The van der Waals surface area contributed by atoms with Crippen LogP contribution in [-0.2, 0) is 20.2 Å². The molecule has 1 heterocycles. The molecule has 162 valence electrons. The first-order chi connectivity index (χ1) is 15.0. The van der Waals surface area contributed by atoms with Gasteiger partial charge in [0.05, 0.1) is 30.7 Å². The Balaban J connectivity index is 1.60. The van der Waals surface area contributed by atoms with E-state index in [1.807, 2.05) is 6.07 Å². The topological polar surface area (TPSA) is 76.4 Å². The average molecular weight is 423 g/mol. The van der Waals surface area contributed by atoms with Crippen LogP contribution in [0.5, 0.6) is 5.75 Å². The number of aryl methyl sites for hydroxylation is 2. The fourth-order valence-electron chi connectivity index (χ4n) is 3.41. The van der Waals surface area contributed by atoms with Gasteiger partial charge < -0.3 is 15.2 Å². The molecule has 1 amide bonds. The number of aliphatic hydroxyl groups is 1. The van der Waals surface area contributed by atoms with Crippen LogP contribution in [0.15, 0.2) is 42.6 Å². The number of amides is 1. The van der Waals surface area contributed by atoms with Crippen LogP contribution in [0.4, 0.5) is 4.39 Å². The molecule has 1 fully saturated rings. The van der Waals surface area contributed by atoms with Gasteiger partial charge in [0.1, 0.15) is 11.6 Å². The third kappa shape index (κ3) is 4.77. The van der Waals surface area contributed by atoms with Crippen molar-refractivity contribution in [3.8, 4) is 16.9 Å². The molecule has 0 saturated heterocycles. The van der Waals surface area contributed by atoms with Gasteiger partial charge in [-0.05, 0) is 60.6 Å². The summed E-state index contributed by atoms with van der Waals surface area (Å²) in [5, 5.41) is 16.8. The van der Waals surface area contributed by atoms with Crippen molar-refractivity contribution in [3.63, 3.8) is 0 Å². The minimum absolute atomic E-state index is 0.160. The van der Waals surface area contributed by atoms with Gasteiger partial charge in [-0.1, -0.05) is 18.2 Å². The molecule has 1 aliphatic carbocycles. The molecule has 0 aliphatic heterocycles. The largest absolute Gasteiger partial charge is 0.492 e. The van der Waals surface area contributed by atoms with Gasteiger partial charge in [0.2, 0.25) is 0 Å². The van der Waals surface area contributed by atoms with Crippen molar-refractivity contribution in [1.82, 2.24) is 15.1 Å². The second-order valence-electron chi connectivity index (χ2n) is 8.02. The van der Waals surface area contributed by atoms with E-state index in [-0.39, 0.29) is 24.9 Å². The zero-order valence-electron chi connectivity index (χ0n) is 17.7. The predicted octanol–water partition coefficient (Wildman–Crippen LogP) is 3.75. The summed E-state index contributed by atoms with van der Waals surface area (Å²) in [5.41, 5.74) is 3.83. The number of aliphatic hydroxyl groups excluding tert-OH is 1. The van der Waals surface area contributed by atoms with E-state index in [9.17, 15) is 14.3 Å². The van der Waals surface area contributed by atoms with Gasteiger partial charge in [-0.2, -0.15) is 5.10 Å². The van der Waals surface area contributed by atoms with E-state index in [2.05, 4.69) is 10.4 Å². The fraction of sp³-hybridized carbons (Fsp3) is 0.333. The molecule has 2 N–H and O–H groups in total. The summed E-state index contributed by atoms with van der Waals surface area (Å²) in [6.07, 6.45) is 3.96. The van der Waals surface area contributed by atoms with E-state index in [1.54, 1.807) is 49.1 Å². The van der Waals surface area contributed by atoms with Gasteiger partial charge in [-0.15, -0.1) is 0 Å². The molecular formula is C24H26FN3O3. The summed E-state index contributed by atoms with van der Waals surface area (Å²) in [5.74, 6) is 0.460. The Morgan fingerprint density at radius 3 is 2.81 bits per heavy atom. The number of carbonyl (C=O) groups is 1. The molecule has 0 unspecified atom stereocenters. The molecule has 7 heteroatoms. The number of carbonyl (C=O) groups excluding carboxylic acids is 1. The first kappa shape index (κ1) is 21.1. The number of aromatic nitrogens is 2. The van der Waals surface area contributed by atoms with E-state index in [0.717, 1.165) is 24.0 Å².